The van der Waals surface area contributed by atoms with Gasteiger partial charge in [-0.3, -0.25) is 9.59 Å². The first kappa shape index (κ1) is 19.2. The van der Waals surface area contributed by atoms with Gasteiger partial charge in [0.05, 0.1) is 5.75 Å². The van der Waals surface area contributed by atoms with Gasteiger partial charge >= 0.3 is 0 Å². The number of carbonyl (C=O) groups excluding carboxylic acids is 2. The highest BCUT2D eigenvalue weighted by Crippen LogP contribution is 2.25. The summed E-state index contributed by atoms with van der Waals surface area (Å²) in [6, 6.07) is 6.52. The fraction of sp³-hybridized carbons (Fsp3) is 0.600. The number of likely N-dealkylation sites (tertiary alicyclic amines) is 2. The molecule has 2 aliphatic rings. The van der Waals surface area contributed by atoms with Gasteiger partial charge in [-0.15, -0.1) is 11.8 Å². The number of hydrogen-bond donors (Lipinski definition) is 0. The molecule has 2 aliphatic heterocycles. The van der Waals surface area contributed by atoms with Crippen LogP contribution in [0.1, 0.15) is 38.5 Å². The minimum Gasteiger partial charge on any atom is -0.342 e. The smallest absolute Gasteiger partial charge is 0.232 e. The molecule has 2 amide bonds. The minimum atomic E-state index is -0.285. The minimum absolute atomic E-state index is 0.0268. The summed E-state index contributed by atoms with van der Waals surface area (Å²) in [6.07, 6.45) is 6.14. The lowest BCUT2D eigenvalue weighted by Gasteiger charge is -2.34. The van der Waals surface area contributed by atoms with E-state index in [1.807, 2.05) is 9.80 Å². The summed E-state index contributed by atoms with van der Waals surface area (Å²) in [7, 11) is 0. The molecule has 0 aliphatic carbocycles. The Hall–Kier alpha value is -1.56. The molecule has 2 saturated heterocycles. The van der Waals surface area contributed by atoms with Crippen LogP contribution in [0.15, 0.2) is 29.2 Å². The Morgan fingerprint density at radius 1 is 0.962 bits per heavy atom. The molecule has 0 spiro atoms. The van der Waals surface area contributed by atoms with Crippen molar-refractivity contribution in [3.05, 3.63) is 30.1 Å². The third-order valence-corrected chi connectivity index (χ3v) is 6.34. The van der Waals surface area contributed by atoms with Gasteiger partial charge in [-0.2, -0.15) is 0 Å². The van der Waals surface area contributed by atoms with Crippen molar-refractivity contribution in [2.24, 2.45) is 5.92 Å². The van der Waals surface area contributed by atoms with Crippen molar-refractivity contribution >= 4 is 23.6 Å². The van der Waals surface area contributed by atoms with Crippen molar-refractivity contribution in [1.29, 1.82) is 0 Å². The second kappa shape index (κ2) is 9.40. The van der Waals surface area contributed by atoms with Crippen molar-refractivity contribution in [3.63, 3.8) is 0 Å². The van der Waals surface area contributed by atoms with E-state index in [2.05, 4.69) is 0 Å². The molecule has 6 heteroatoms. The first-order valence-electron chi connectivity index (χ1n) is 9.59. The first-order chi connectivity index (χ1) is 12.6. The Morgan fingerprint density at radius 2 is 1.62 bits per heavy atom. The zero-order valence-corrected chi connectivity index (χ0v) is 16.0. The number of carbonyl (C=O) groups is 2. The number of hydrogen-bond acceptors (Lipinski definition) is 3. The average Bonchev–Trinajstić information content (AvgIpc) is 2.96. The first-order valence-corrected chi connectivity index (χ1v) is 10.6. The lowest BCUT2D eigenvalue weighted by molar-refractivity contribution is -0.139. The largest absolute Gasteiger partial charge is 0.342 e. The van der Waals surface area contributed by atoms with Gasteiger partial charge in [-0.05, 0) is 37.8 Å². The van der Waals surface area contributed by atoms with E-state index in [-0.39, 0.29) is 29.3 Å². The molecule has 0 radical (unpaired) electrons. The van der Waals surface area contributed by atoms with Crippen LogP contribution in [0.4, 0.5) is 4.39 Å². The van der Waals surface area contributed by atoms with Crippen LogP contribution >= 0.6 is 11.8 Å². The summed E-state index contributed by atoms with van der Waals surface area (Å²) in [4.78, 5) is 29.5. The van der Waals surface area contributed by atoms with Gasteiger partial charge in [0.25, 0.3) is 0 Å². The van der Waals surface area contributed by atoms with Crippen LogP contribution in [0.5, 0.6) is 0 Å². The fourth-order valence-corrected chi connectivity index (χ4v) is 4.56. The zero-order valence-electron chi connectivity index (χ0n) is 15.2. The summed E-state index contributed by atoms with van der Waals surface area (Å²) >= 11 is 1.24. The topological polar surface area (TPSA) is 40.6 Å². The molecule has 4 nitrogen and oxygen atoms in total. The van der Waals surface area contributed by atoms with Crippen LogP contribution in [0.2, 0.25) is 0 Å². The van der Waals surface area contributed by atoms with E-state index in [4.69, 9.17) is 0 Å². The molecular weight excluding hydrogens is 351 g/mol. The SMILES string of the molecule is O=C(CSc1ccccc1F)N1CCC(C(=O)N2CCCCCC2)CC1. The molecule has 0 saturated carbocycles. The van der Waals surface area contributed by atoms with Gasteiger partial charge in [-0.1, -0.05) is 25.0 Å². The molecule has 0 bridgehead atoms. The van der Waals surface area contributed by atoms with Gasteiger partial charge in [0.1, 0.15) is 5.82 Å². The number of rotatable bonds is 4. The monoisotopic (exact) mass is 378 g/mol. The van der Waals surface area contributed by atoms with Crippen molar-refractivity contribution in [2.75, 3.05) is 31.9 Å². The van der Waals surface area contributed by atoms with Gasteiger partial charge in [0.15, 0.2) is 0 Å². The lowest BCUT2D eigenvalue weighted by Crippen LogP contribution is -2.45. The maximum atomic E-state index is 13.6. The molecule has 3 rings (SSSR count). The Kier molecular flexibility index (Phi) is 6.94. The molecule has 0 N–H and O–H groups in total. The van der Waals surface area contributed by atoms with E-state index in [0.717, 1.165) is 38.8 Å². The number of nitrogens with zero attached hydrogens (tertiary/aromatic N) is 2. The van der Waals surface area contributed by atoms with Crippen LogP contribution in [-0.2, 0) is 9.59 Å². The summed E-state index contributed by atoms with van der Waals surface area (Å²) < 4.78 is 13.6. The average molecular weight is 379 g/mol. The third kappa shape index (κ3) is 5.00. The normalized spacial score (nSPS) is 19.3. The summed E-state index contributed by atoms with van der Waals surface area (Å²) in [5, 5.41) is 0. The molecule has 26 heavy (non-hydrogen) atoms. The van der Waals surface area contributed by atoms with Gasteiger partial charge in [0, 0.05) is 37.0 Å². The van der Waals surface area contributed by atoms with Crippen LogP contribution in [0, 0.1) is 11.7 Å². The molecule has 2 heterocycles. The van der Waals surface area contributed by atoms with Crippen molar-refractivity contribution in [2.45, 2.75) is 43.4 Å². The van der Waals surface area contributed by atoms with E-state index in [9.17, 15) is 14.0 Å². The quantitative estimate of drug-likeness (QED) is 0.752. The number of piperidine rings is 1. The third-order valence-electron chi connectivity index (χ3n) is 5.30. The van der Waals surface area contributed by atoms with Gasteiger partial charge in [-0.25, -0.2) is 4.39 Å². The molecule has 0 atom stereocenters. The van der Waals surface area contributed by atoms with Crippen molar-refractivity contribution < 1.29 is 14.0 Å². The van der Waals surface area contributed by atoms with Crippen LogP contribution < -0.4 is 0 Å². The number of thioether (sulfide) groups is 1. The van der Waals surface area contributed by atoms with Crippen LogP contribution in [0.3, 0.4) is 0 Å². The summed E-state index contributed by atoms with van der Waals surface area (Å²) in [5.74, 6) is 0.313. The standard InChI is InChI=1S/C20H27FN2O2S/c21-17-7-3-4-8-18(17)26-15-19(24)22-13-9-16(10-14-22)20(25)23-11-5-1-2-6-12-23/h3-4,7-8,16H,1-2,5-6,9-15H2. The summed E-state index contributed by atoms with van der Waals surface area (Å²) in [6.45, 7) is 3.02. The van der Waals surface area contributed by atoms with E-state index in [0.29, 0.717) is 18.0 Å². The van der Waals surface area contributed by atoms with E-state index < -0.39 is 0 Å². The number of halogens is 1. The zero-order chi connectivity index (χ0) is 18.4. The van der Waals surface area contributed by atoms with E-state index in [1.165, 1.54) is 30.7 Å². The predicted molar refractivity (Wildman–Crippen MR) is 101 cm³/mol. The highest BCUT2D eigenvalue weighted by atomic mass is 32.2. The molecule has 1 aromatic carbocycles. The predicted octanol–water partition coefficient (Wildman–Crippen LogP) is 3.56. The maximum Gasteiger partial charge on any atom is 0.232 e. The Morgan fingerprint density at radius 3 is 2.27 bits per heavy atom. The van der Waals surface area contributed by atoms with E-state index in [1.54, 1.807) is 18.2 Å². The number of amides is 2. The van der Waals surface area contributed by atoms with Crippen molar-refractivity contribution in [3.8, 4) is 0 Å². The molecule has 0 aromatic heterocycles. The molecular formula is C20H27FN2O2S. The Balaban J connectivity index is 1.44. The Bertz CT molecular complexity index is 624. The molecule has 1 aromatic rings. The van der Waals surface area contributed by atoms with E-state index >= 15 is 0 Å². The second-order valence-electron chi connectivity index (χ2n) is 7.11. The fourth-order valence-electron chi connectivity index (χ4n) is 3.72. The molecule has 142 valence electrons. The highest BCUT2D eigenvalue weighted by Gasteiger charge is 2.30. The Labute approximate surface area is 159 Å². The highest BCUT2D eigenvalue weighted by molar-refractivity contribution is 8.00. The second-order valence-corrected chi connectivity index (χ2v) is 8.13. The maximum absolute atomic E-state index is 13.6. The van der Waals surface area contributed by atoms with Crippen LogP contribution in [0.25, 0.3) is 0 Å². The molecule has 2 fully saturated rings. The number of benzene rings is 1. The lowest BCUT2D eigenvalue weighted by atomic mass is 9.95. The van der Waals surface area contributed by atoms with Crippen molar-refractivity contribution in [1.82, 2.24) is 9.80 Å². The van der Waals surface area contributed by atoms with Gasteiger partial charge in [0.2, 0.25) is 11.8 Å². The summed E-state index contributed by atoms with van der Waals surface area (Å²) in [5.41, 5.74) is 0. The van der Waals surface area contributed by atoms with Crippen LogP contribution in [-0.4, -0.2) is 53.5 Å². The van der Waals surface area contributed by atoms with Gasteiger partial charge < -0.3 is 9.80 Å². The molecule has 0 unspecified atom stereocenters.